The summed E-state index contributed by atoms with van der Waals surface area (Å²) in [7, 11) is -0.310. The lowest BCUT2D eigenvalue weighted by molar-refractivity contribution is 0.00578. The summed E-state index contributed by atoms with van der Waals surface area (Å²) < 4.78 is 12.3. The summed E-state index contributed by atoms with van der Waals surface area (Å²) in [4.78, 5) is 0. The van der Waals surface area contributed by atoms with Gasteiger partial charge in [0, 0.05) is 0 Å². The molecule has 0 atom stereocenters. The van der Waals surface area contributed by atoms with E-state index in [1.807, 2.05) is 0 Å². The van der Waals surface area contributed by atoms with Gasteiger partial charge >= 0.3 is 7.12 Å². The lowest BCUT2D eigenvalue weighted by Crippen LogP contribution is -2.41. The van der Waals surface area contributed by atoms with E-state index >= 15 is 0 Å². The predicted molar refractivity (Wildman–Crippen MR) is 92.3 cm³/mol. The Morgan fingerprint density at radius 1 is 0.773 bits per heavy atom. The molecule has 3 rings (SSSR count). The van der Waals surface area contributed by atoms with E-state index in [1.165, 1.54) is 16.7 Å². The largest absolute Gasteiger partial charge is 0.494 e. The standard InChI is InChI=1S/C19H23BO2/c1-14-8-6-9-15(12-14)16-10-7-11-17(13-16)20-21-18(2,3)19(4,5)22-20/h6-13H,1-5H3. The molecule has 1 heterocycles. The summed E-state index contributed by atoms with van der Waals surface area (Å²) in [5.74, 6) is 0. The SMILES string of the molecule is Cc1cccc(-c2cccc(B3OC(C)(C)C(C)(C)O3)c2)c1. The van der Waals surface area contributed by atoms with Gasteiger partial charge in [0.25, 0.3) is 0 Å². The molecule has 2 nitrogen and oxygen atoms in total. The molecule has 0 saturated carbocycles. The van der Waals surface area contributed by atoms with Crippen LogP contribution >= 0.6 is 0 Å². The zero-order valence-corrected chi connectivity index (χ0v) is 14.0. The molecule has 0 aliphatic carbocycles. The van der Waals surface area contributed by atoms with Gasteiger partial charge in [-0.25, -0.2) is 0 Å². The molecular weight excluding hydrogens is 271 g/mol. The normalized spacial score (nSPS) is 19.4. The molecule has 114 valence electrons. The maximum Gasteiger partial charge on any atom is 0.494 e. The van der Waals surface area contributed by atoms with Crippen LogP contribution in [-0.4, -0.2) is 18.3 Å². The highest BCUT2D eigenvalue weighted by Crippen LogP contribution is 2.36. The zero-order chi connectivity index (χ0) is 16.0. The highest BCUT2D eigenvalue weighted by molar-refractivity contribution is 6.62. The first kappa shape index (κ1) is 15.3. The minimum atomic E-state index is -0.310. The zero-order valence-electron chi connectivity index (χ0n) is 14.0. The summed E-state index contributed by atoms with van der Waals surface area (Å²) in [5.41, 5.74) is 4.12. The van der Waals surface area contributed by atoms with Crippen LogP contribution in [0.4, 0.5) is 0 Å². The fourth-order valence-corrected chi connectivity index (χ4v) is 2.67. The van der Waals surface area contributed by atoms with Crippen molar-refractivity contribution in [1.82, 2.24) is 0 Å². The van der Waals surface area contributed by atoms with Crippen LogP contribution in [0.15, 0.2) is 48.5 Å². The average molecular weight is 294 g/mol. The molecule has 1 saturated heterocycles. The van der Waals surface area contributed by atoms with Crippen LogP contribution in [0.25, 0.3) is 11.1 Å². The van der Waals surface area contributed by atoms with Gasteiger partial charge in [-0.1, -0.05) is 54.1 Å². The van der Waals surface area contributed by atoms with E-state index in [0.717, 1.165) is 5.46 Å². The molecule has 0 N–H and O–H groups in total. The second-order valence-corrected chi connectivity index (χ2v) is 7.08. The van der Waals surface area contributed by atoms with Crippen LogP contribution < -0.4 is 5.46 Å². The molecule has 2 aromatic rings. The molecule has 0 amide bonds. The van der Waals surface area contributed by atoms with Gasteiger partial charge in [-0.2, -0.15) is 0 Å². The van der Waals surface area contributed by atoms with Crippen LogP contribution in [-0.2, 0) is 9.31 Å². The summed E-state index contributed by atoms with van der Waals surface area (Å²) in [5, 5.41) is 0. The van der Waals surface area contributed by atoms with Crippen LogP contribution in [0, 0.1) is 6.92 Å². The monoisotopic (exact) mass is 294 g/mol. The topological polar surface area (TPSA) is 18.5 Å². The third kappa shape index (κ3) is 2.71. The van der Waals surface area contributed by atoms with Gasteiger partial charge in [-0.3, -0.25) is 0 Å². The third-order valence-corrected chi connectivity index (χ3v) is 4.76. The van der Waals surface area contributed by atoms with Crippen molar-refractivity contribution in [3.05, 3.63) is 54.1 Å². The van der Waals surface area contributed by atoms with E-state index in [-0.39, 0.29) is 18.3 Å². The molecule has 22 heavy (non-hydrogen) atoms. The Bertz CT molecular complexity index is 675. The van der Waals surface area contributed by atoms with E-state index in [1.54, 1.807) is 0 Å². The maximum atomic E-state index is 6.14. The minimum Gasteiger partial charge on any atom is -0.399 e. The highest BCUT2D eigenvalue weighted by atomic mass is 16.7. The number of aryl methyl sites for hydroxylation is 1. The lowest BCUT2D eigenvalue weighted by Gasteiger charge is -2.32. The van der Waals surface area contributed by atoms with E-state index in [2.05, 4.69) is 83.1 Å². The van der Waals surface area contributed by atoms with Gasteiger partial charge in [0.05, 0.1) is 11.2 Å². The summed E-state index contributed by atoms with van der Waals surface area (Å²) in [6.45, 7) is 10.4. The summed E-state index contributed by atoms with van der Waals surface area (Å²) in [6, 6.07) is 17.0. The molecule has 3 heteroatoms. The van der Waals surface area contributed by atoms with Crippen LogP contribution in [0.5, 0.6) is 0 Å². The Hall–Kier alpha value is -1.58. The maximum absolute atomic E-state index is 6.14. The van der Waals surface area contributed by atoms with Gasteiger partial charge in [-0.05, 0) is 51.2 Å². The lowest BCUT2D eigenvalue weighted by atomic mass is 9.78. The van der Waals surface area contributed by atoms with E-state index in [9.17, 15) is 0 Å². The van der Waals surface area contributed by atoms with Crippen LogP contribution in [0.1, 0.15) is 33.3 Å². The van der Waals surface area contributed by atoms with Crippen molar-refractivity contribution in [3.8, 4) is 11.1 Å². The van der Waals surface area contributed by atoms with Gasteiger partial charge in [0.15, 0.2) is 0 Å². The Morgan fingerprint density at radius 3 is 1.91 bits per heavy atom. The average Bonchev–Trinajstić information content (AvgIpc) is 2.68. The van der Waals surface area contributed by atoms with Crippen LogP contribution in [0.3, 0.4) is 0 Å². The Balaban J connectivity index is 1.93. The minimum absolute atomic E-state index is 0.309. The molecule has 2 aromatic carbocycles. The first-order chi connectivity index (χ1) is 10.3. The quantitative estimate of drug-likeness (QED) is 0.780. The fraction of sp³-hybridized carbons (Fsp3) is 0.368. The van der Waals surface area contributed by atoms with E-state index < -0.39 is 0 Å². The number of benzene rings is 2. The first-order valence-corrected chi connectivity index (χ1v) is 7.81. The predicted octanol–water partition coefficient (Wildman–Crippen LogP) is 3.96. The summed E-state index contributed by atoms with van der Waals surface area (Å²) in [6.07, 6.45) is 0. The molecule has 0 unspecified atom stereocenters. The second kappa shape index (κ2) is 5.25. The summed E-state index contributed by atoms with van der Waals surface area (Å²) >= 11 is 0. The number of rotatable bonds is 2. The van der Waals surface area contributed by atoms with Crippen molar-refractivity contribution >= 4 is 12.6 Å². The van der Waals surface area contributed by atoms with Gasteiger partial charge in [0.2, 0.25) is 0 Å². The fourth-order valence-electron chi connectivity index (χ4n) is 2.67. The Morgan fingerprint density at radius 2 is 1.32 bits per heavy atom. The molecule has 1 aliphatic heterocycles. The van der Waals surface area contributed by atoms with Crippen molar-refractivity contribution < 1.29 is 9.31 Å². The van der Waals surface area contributed by atoms with Crippen molar-refractivity contribution in [2.45, 2.75) is 45.8 Å². The molecular formula is C19H23BO2. The molecule has 1 aliphatic rings. The second-order valence-electron chi connectivity index (χ2n) is 7.08. The Kier molecular flexibility index (Phi) is 3.66. The van der Waals surface area contributed by atoms with Gasteiger partial charge in [-0.15, -0.1) is 0 Å². The van der Waals surface area contributed by atoms with Gasteiger partial charge < -0.3 is 9.31 Å². The molecule has 0 radical (unpaired) electrons. The van der Waals surface area contributed by atoms with Gasteiger partial charge in [0.1, 0.15) is 0 Å². The number of hydrogen-bond donors (Lipinski definition) is 0. The highest BCUT2D eigenvalue weighted by Gasteiger charge is 2.51. The molecule has 0 bridgehead atoms. The van der Waals surface area contributed by atoms with Crippen molar-refractivity contribution in [3.63, 3.8) is 0 Å². The smallest absolute Gasteiger partial charge is 0.399 e. The molecule has 1 fully saturated rings. The third-order valence-electron chi connectivity index (χ3n) is 4.76. The van der Waals surface area contributed by atoms with Crippen LogP contribution in [0.2, 0.25) is 0 Å². The Labute approximate surface area is 133 Å². The molecule has 0 aromatic heterocycles. The van der Waals surface area contributed by atoms with Crippen molar-refractivity contribution in [1.29, 1.82) is 0 Å². The molecule has 0 spiro atoms. The van der Waals surface area contributed by atoms with E-state index in [4.69, 9.17) is 9.31 Å². The van der Waals surface area contributed by atoms with E-state index in [0.29, 0.717) is 0 Å². The number of hydrogen-bond acceptors (Lipinski definition) is 2. The van der Waals surface area contributed by atoms with Crippen molar-refractivity contribution in [2.24, 2.45) is 0 Å². The van der Waals surface area contributed by atoms with Crippen molar-refractivity contribution in [2.75, 3.05) is 0 Å². The first-order valence-electron chi connectivity index (χ1n) is 7.81.